The monoisotopic (exact) mass is 470 g/mol. The maximum Gasteiger partial charge on any atom is 0.190 e. The topological polar surface area (TPSA) is 58.1 Å². The zero-order valence-electron chi connectivity index (χ0n) is 16.4. The van der Waals surface area contributed by atoms with Gasteiger partial charge in [0.15, 0.2) is 5.96 Å². The van der Waals surface area contributed by atoms with E-state index in [0.717, 1.165) is 38.0 Å². The predicted octanol–water partition coefficient (Wildman–Crippen LogP) is 2.33. The Labute approximate surface area is 171 Å². The average Bonchev–Trinajstić information content (AvgIpc) is 2.59. The molecule has 0 radical (unpaired) electrons. The van der Waals surface area contributed by atoms with Crippen LogP contribution in [0.2, 0.25) is 0 Å². The Hall–Kier alpha value is -0.120. The van der Waals surface area contributed by atoms with Crippen LogP contribution in [0.1, 0.15) is 39.0 Å². The van der Waals surface area contributed by atoms with Crippen molar-refractivity contribution in [2.45, 2.75) is 39.0 Å². The average molecular weight is 470 g/mol. The number of likely N-dealkylation sites (tertiary alicyclic amines) is 1. The third-order valence-electron chi connectivity index (χ3n) is 4.35. The quantitative estimate of drug-likeness (QED) is 0.199. The molecule has 6 nitrogen and oxygen atoms in total. The molecule has 0 aromatic heterocycles. The van der Waals surface area contributed by atoms with Gasteiger partial charge in [-0.05, 0) is 51.1 Å². The van der Waals surface area contributed by atoms with Crippen molar-refractivity contribution in [2.75, 3.05) is 66.7 Å². The summed E-state index contributed by atoms with van der Waals surface area (Å²) in [6.07, 6.45) is 6.18. The normalized spacial score (nSPS) is 18.7. The molecule has 1 atom stereocenters. The van der Waals surface area contributed by atoms with Crippen LogP contribution in [-0.4, -0.2) is 77.6 Å². The minimum atomic E-state index is 0. The first kappa shape index (κ1) is 24.9. The van der Waals surface area contributed by atoms with Gasteiger partial charge in [0.25, 0.3) is 0 Å². The van der Waals surface area contributed by atoms with Crippen LogP contribution in [0.15, 0.2) is 4.99 Å². The Morgan fingerprint density at radius 1 is 1.12 bits per heavy atom. The fourth-order valence-electron chi connectivity index (χ4n) is 3.00. The van der Waals surface area contributed by atoms with E-state index in [0.29, 0.717) is 13.2 Å². The van der Waals surface area contributed by atoms with E-state index >= 15 is 0 Å². The van der Waals surface area contributed by atoms with Gasteiger partial charge in [-0.2, -0.15) is 0 Å². The van der Waals surface area contributed by atoms with Crippen LogP contribution in [0.3, 0.4) is 0 Å². The van der Waals surface area contributed by atoms with Crippen LogP contribution in [0, 0.1) is 5.92 Å². The summed E-state index contributed by atoms with van der Waals surface area (Å²) < 4.78 is 10.4. The maximum atomic E-state index is 5.44. The van der Waals surface area contributed by atoms with E-state index in [9.17, 15) is 0 Å². The molecule has 7 heteroatoms. The van der Waals surface area contributed by atoms with E-state index in [1.165, 1.54) is 45.3 Å². The molecule has 1 saturated heterocycles. The van der Waals surface area contributed by atoms with Crippen molar-refractivity contribution in [3.8, 4) is 0 Å². The number of rotatable bonds is 12. The molecule has 1 fully saturated rings. The highest BCUT2D eigenvalue weighted by molar-refractivity contribution is 14.0. The molecule has 1 aliphatic heterocycles. The van der Waals surface area contributed by atoms with Crippen LogP contribution >= 0.6 is 24.0 Å². The number of halogens is 1. The van der Waals surface area contributed by atoms with Crippen LogP contribution < -0.4 is 10.6 Å². The van der Waals surface area contributed by atoms with E-state index in [2.05, 4.69) is 27.4 Å². The van der Waals surface area contributed by atoms with Crippen LogP contribution in [0.5, 0.6) is 0 Å². The highest BCUT2D eigenvalue weighted by atomic mass is 127. The fourth-order valence-corrected chi connectivity index (χ4v) is 3.00. The Morgan fingerprint density at radius 2 is 1.88 bits per heavy atom. The minimum absolute atomic E-state index is 0. The number of piperidine rings is 1. The summed E-state index contributed by atoms with van der Waals surface area (Å²) in [6.45, 7) is 10.1. The molecule has 1 aliphatic rings. The lowest BCUT2D eigenvalue weighted by atomic mass is 10.0. The standard InChI is InChI=1S/C18H38N4O2.HI/c1-17-8-6-12-22(16-17)11-5-4-9-20-18(19-2)21-10-7-13-24-15-14-23-3;/h17H,4-16H2,1-3H3,(H2,19,20,21);1H. The molecule has 0 amide bonds. The Bertz CT molecular complexity index is 332. The van der Waals surface area contributed by atoms with E-state index < -0.39 is 0 Å². The second kappa shape index (κ2) is 17.3. The molecular formula is C18H39IN4O2. The van der Waals surface area contributed by atoms with E-state index in [4.69, 9.17) is 9.47 Å². The van der Waals surface area contributed by atoms with Gasteiger partial charge in [0, 0.05) is 40.4 Å². The summed E-state index contributed by atoms with van der Waals surface area (Å²) >= 11 is 0. The summed E-state index contributed by atoms with van der Waals surface area (Å²) in [5, 5.41) is 6.71. The highest BCUT2D eigenvalue weighted by Crippen LogP contribution is 2.15. The molecular weight excluding hydrogens is 431 g/mol. The van der Waals surface area contributed by atoms with Crippen molar-refractivity contribution in [2.24, 2.45) is 10.9 Å². The first-order chi connectivity index (χ1) is 11.8. The number of aliphatic imine (C=N–C) groups is 1. The van der Waals surface area contributed by atoms with Crippen molar-refractivity contribution in [1.29, 1.82) is 0 Å². The first-order valence-corrected chi connectivity index (χ1v) is 9.49. The zero-order valence-corrected chi connectivity index (χ0v) is 18.7. The molecule has 0 aromatic rings. The second-order valence-corrected chi connectivity index (χ2v) is 6.64. The van der Waals surface area contributed by atoms with Gasteiger partial charge in [-0.1, -0.05) is 6.92 Å². The van der Waals surface area contributed by atoms with Gasteiger partial charge in [0.1, 0.15) is 0 Å². The molecule has 0 bridgehead atoms. The first-order valence-electron chi connectivity index (χ1n) is 9.49. The Kier molecular flexibility index (Phi) is 17.2. The minimum Gasteiger partial charge on any atom is -0.382 e. The smallest absolute Gasteiger partial charge is 0.190 e. The van der Waals surface area contributed by atoms with Gasteiger partial charge in [-0.15, -0.1) is 24.0 Å². The molecule has 150 valence electrons. The molecule has 25 heavy (non-hydrogen) atoms. The molecule has 0 saturated carbocycles. The number of guanidine groups is 1. The molecule has 0 aromatic carbocycles. The summed E-state index contributed by atoms with van der Waals surface area (Å²) in [4.78, 5) is 6.87. The lowest BCUT2D eigenvalue weighted by Gasteiger charge is -2.30. The van der Waals surface area contributed by atoms with E-state index in [-0.39, 0.29) is 24.0 Å². The van der Waals surface area contributed by atoms with Crippen LogP contribution in [-0.2, 0) is 9.47 Å². The maximum absolute atomic E-state index is 5.44. The van der Waals surface area contributed by atoms with Gasteiger partial charge in [-0.25, -0.2) is 0 Å². The number of nitrogens with one attached hydrogen (secondary N) is 2. The lowest BCUT2D eigenvalue weighted by Crippen LogP contribution is -2.39. The summed E-state index contributed by atoms with van der Waals surface area (Å²) in [5.41, 5.74) is 0. The third kappa shape index (κ3) is 13.7. The molecule has 1 unspecified atom stereocenters. The Morgan fingerprint density at radius 3 is 2.56 bits per heavy atom. The van der Waals surface area contributed by atoms with Crippen molar-refractivity contribution in [1.82, 2.24) is 15.5 Å². The molecule has 0 spiro atoms. The third-order valence-corrected chi connectivity index (χ3v) is 4.35. The number of ether oxygens (including phenoxy) is 2. The number of nitrogens with zero attached hydrogens (tertiary/aromatic N) is 2. The second-order valence-electron chi connectivity index (χ2n) is 6.64. The number of unbranched alkanes of at least 4 members (excludes halogenated alkanes) is 1. The van der Waals surface area contributed by atoms with Crippen molar-refractivity contribution in [3.05, 3.63) is 0 Å². The van der Waals surface area contributed by atoms with E-state index in [1.807, 2.05) is 7.05 Å². The number of methoxy groups -OCH3 is 1. The summed E-state index contributed by atoms with van der Waals surface area (Å²) in [5.74, 6) is 1.76. The predicted molar refractivity (Wildman–Crippen MR) is 116 cm³/mol. The number of hydrogen-bond acceptors (Lipinski definition) is 4. The van der Waals surface area contributed by atoms with E-state index in [1.54, 1.807) is 7.11 Å². The van der Waals surface area contributed by atoms with Gasteiger partial charge in [0.2, 0.25) is 0 Å². The zero-order chi connectivity index (χ0) is 17.5. The summed E-state index contributed by atoms with van der Waals surface area (Å²) in [6, 6.07) is 0. The fraction of sp³-hybridized carbons (Fsp3) is 0.944. The van der Waals surface area contributed by atoms with Gasteiger partial charge < -0.3 is 25.0 Å². The van der Waals surface area contributed by atoms with Gasteiger partial charge >= 0.3 is 0 Å². The lowest BCUT2D eigenvalue weighted by molar-refractivity contribution is 0.0698. The number of hydrogen-bond donors (Lipinski definition) is 2. The molecule has 1 rings (SSSR count). The SMILES string of the molecule is CN=C(NCCCCN1CCCC(C)C1)NCCCOCCOC.I. The van der Waals surface area contributed by atoms with Gasteiger partial charge in [0.05, 0.1) is 13.2 Å². The Balaban J connectivity index is 0.00000576. The molecule has 2 N–H and O–H groups in total. The van der Waals surface area contributed by atoms with Crippen molar-refractivity contribution >= 4 is 29.9 Å². The largest absolute Gasteiger partial charge is 0.382 e. The molecule has 1 heterocycles. The van der Waals surface area contributed by atoms with Crippen molar-refractivity contribution < 1.29 is 9.47 Å². The van der Waals surface area contributed by atoms with Crippen LogP contribution in [0.4, 0.5) is 0 Å². The molecule has 0 aliphatic carbocycles. The van der Waals surface area contributed by atoms with Gasteiger partial charge in [-0.3, -0.25) is 4.99 Å². The van der Waals surface area contributed by atoms with Crippen molar-refractivity contribution in [3.63, 3.8) is 0 Å². The highest BCUT2D eigenvalue weighted by Gasteiger charge is 2.15. The summed E-state index contributed by atoms with van der Waals surface area (Å²) in [7, 11) is 3.51. The van der Waals surface area contributed by atoms with Crippen LogP contribution in [0.25, 0.3) is 0 Å².